The molecule has 0 spiro atoms. The molecule has 2 fully saturated rings. The van der Waals surface area contributed by atoms with E-state index in [4.69, 9.17) is 0 Å². The molecule has 0 radical (unpaired) electrons. The van der Waals surface area contributed by atoms with E-state index in [1.165, 1.54) is 6.42 Å². The Kier molecular flexibility index (Phi) is 3.13. The molecule has 0 aliphatic heterocycles. The normalized spacial score (nSPS) is 48.5. The van der Waals surface area contributed by atoms with E-state index in [1.54, 1.807) is 6.92 Å². The highest BCUT2D eigenvalue weighted by Crippen LogP contribution is 2.50. The molecule has 1 unspecified atom stereocenters. The highest BCUT2D eigenvalue weighted by atomic mass is 16.3. The van der Waals surface area contributed by atoms with E-state index in [2.05, 4.69) is 6.92 Å². The fraction of sp³-hybridized carbons (Fsp3) is 0.929. The monoisotopic (exact) mass is 224 g/mol. The summed E-state index contributed by atoms with van der Waals surface area (Å²) < 4.78 is 0. The van der Waals surface area contributed by atoms with Crippen molar-refractivity contribution in [2.45, 2.75) is 58.5 Å². The second-order valence-corrected chi connectivity index (χ2v) is 6.26. The van der Waals surface area contributed by atoms with Gasteiger partial charge in [-0.05, 0) is 57.3 Å². The van der Waals surface area contributed by atoms with Gasteiger partial charge in [0.2, 0.25) is 0 Å². The Balaban J connectivity index is 2.21. The fourth-order valence-electron chi connectivity index (χ4n) is 3.90. The summed E-state index contributed by atoms with van der Waals surface area (Å²) in [5.74, 6) is 2.17. The molecule has 0 heterocycles. The molecule has 0 saturated heterocycles. The maximum Gasteiger partial charge on any atom is 0.132 e. The second-order valence-electron chi connectivity index (χ2n) is 6.26. The third-order valence-corrected chi connectivity index (χ3v) is 5.11. The number of ketones is 1. The van der Waals surface area contributed by atoms with E-state index in [0.29, 0.717) is 23.5 Å². The van der Waals surface area contributed by atoms with Gasteiger partial charge in [-0.15, -0.1) is 0 Å². The Bertz CT molecular complexity index is 282. The summed E-state index contributed by atoms with van der Waals surface area (Å²) in [7, 11) is 0. The highest BCUT2D eigenvalue weighted by molar-refractivity contribution is 5.78. The van der Waals surface area contributed by atoms with Gasteiger partial charge in [0, 0.05) is 5.92 Å². The van der Waals surface area contributed by atoms with Crippen molar-refractivity contribution in [2.24, 2.45) is 23.7 Å². The summed E-state index contributed by atoms with van der Waals surface area (Å²) in [5, 5.41) is 10.5. The fourth-order valence-corrected chi connectivity index (χ4v) is 3.90. The summed E-state index contributed by atoms with van der Waals surface area (Å²) in [6.45, 7) is 5.97. The number of fused-ring (bicyclic) bond motifs is 1. The van der Waals surface area contributed by atoms with E-state index in [-0.39, 0.29) is 5.92 Å². The van der Waals surface area contributed by atoms with Crippen LogP contribution < -0.4 is 0 Å². The van der Waals surface area contributed by atoms with Crippen LogP contribution in [0.4, 0.5) is 0 Å². The van der Waals surface area contributed by atoms with Gasteiger partial charge in [0.15, 0.2) is 0 Å². The lowest BCUT2D eigenvalue weighted by Crippen LogP contribution is -2.36. The van der Waals surface area contributed by atoms with Gasteiger partial charge in [0.25, 0.3) is 0 Å². The summed E-state index contributed by atoms with van der Waals surface area (Å²) in [5.41, 5.74) is -0.542. The van der Waals surface area contributed by atoms with Crippen molar-refractivity contribution in [1.29, 1.82) is 0 Å². The van der Waals surface area contributed by atoms with Gasteiger partial charge in [0.1, 0.15) is 5.78 Å². The number of hydrogen-bond acceptors (Lipinski definition) is 2. The molecule has 0 aromatic heterocycles. The topological polar surface area (TPSA) is 37.3 Å². The maximum atomic E-state index is 11.6. The van der Waals surface area contributed by atoms with Gasteiger partial charge < -0.3 is 5.11 Å². The zero-order valence-corrected chi connectivity index (χ0v) is 10.7. The number of Topliss-reactive ketones (excluding diaryl/α,β-unsaturated/α-hetero) is 1. The maximum absolute atomic E-state index is 11.6. The van der Waals surface area contributed by atoms with Crippen molar-refractivity contribution in [3.8, 4) is 0 Å². The van der Waals surface area contributed by atoms with E-state index >= 15 is 0 Å². The predicted octanol–water partition coefficient (Wildman–Crippen LogP) is 2.79. The molecule has 0 aromatic carbocycles. The first-order chi connectivity index (χ1) is 7.42. The lowest BCUT2D eigenvalue weighted by Gasteiger charge is -2.33. The SMILES string of the molecule is CC(=O)C1CC[C@@](C)(O)[C@H]2CC[C@H](C)[C@@H]2C1. The van der Waals surface area contributed by atoms with E-state index in [9.17, 15) is 9.90 Å². The van der Waals surface area contributed by atoms with Crippen LogP contribution in [0.25, 0.3) is 0 Å². The Morgan fingerprint density at radius 1 is 1.31 bits per heavy atom. The number of carbonyl (C=O) groups excluding carboxylic acids is 1. The first-order valence-electron chi connectivity index (χ1n) is 6.64. The van der Waals surface area contributed by atoms with Crippen LogP contribution in [0.5, 0.6) is 0 Å². The Labute approximate surface area is 98.4 Å². The molecule has 2 aliphatic carbocycles. The van der Waals surface area contributed by atoms with Gasteiger partial charge in [-0.3, -0.25) is 4.79 Å². The molecule has 5 atom stereocenters. The zero-order chi connectivity index (χ0) is 11.9. The standard InChI is InChI=1S/C14H24O2/c1-9-4-5-13-12(9)8-11(10(2)15)6-7-14(13,3)16/h9,11-13,16H,4-8H2,1-3H3/t9-,11?,12-,13-,14+/m0/s1. The first kappa shape index (κ1) is 12.1. The molecule has 92 valence electrons. The smallest absolute Gasteiger partial charge is 0.132 e. The minimum absolute atomic E-state index is 0.196. The van der Waals surface area contributed by atoms with Crippen molar-refractivity contribution < 1.29 is 9.90 Å². The lowest BCUT2D eigenvalue weighted by molar-refractivity contribution is -0.121. The third kappa shape index (κ3) is 2.04. The van der Waals surface area contributed by atoms with Crippen LogP contribution in [0.3, 0.4) is 0 Å². The average Bonchev–Trinajstić information content (AvgIpc) is 2.47. The highest BCUT2D eigenvalue weighted by Gasteiger charge is 2.47. The molecule has 0 aromatic rings. The van der Waals surface area contributed by atoms with Crippen molar-refractivity contribution >= 4 is 5.78 Å². The minimum atomic E-state index is -0.542. The molecule has 2 heteroatoms. The van der Waals surface area contributed by atoms with Crippen molar-refractivity contribution in [3.63, 3.8) is 0 Å². The first-order valence-corrected chi connectivity index (χ1v) is 6.64. The van der Waals surface area contributed by atoms with E-state index in [0.717, 1.165) is 25.7 Å². The van der Waals surface area contributed by atoms with Crippen LogP contribution in [0, 0.1) is 23.7 Å². The van der Waals surface area contributed by atoms with Crippen LogP contribution in [0.2, 0.25) is 0 Å². The van der Waals surface area contributed by atoms with Crippen molar-refractivity contribution in [1.82, 2.24) is 0 Å². The summed E-state index contributed by atoms with van der Waals surface area (Å²) in [6, 6.07) is 0. The van der Waals surface area contributed by atoms with Crippen LogP contribution in [0.1, 0.15) is 52.9 Å². The Morgan fingerprint density at radius 2 is 2.00 bits per heavy atom. The second kappa shape index (κ2) is 4.14. The molecular formula is C14H24O2. The molecule has 2 saturated carbocycles. The number of hydrogen-bond donors (Lipinski definition) is 1. The van der Waals surface area contributed by atoms with Crippen LogP contribution in [-0.4, -0.2) is 16.5 Å². The molecule has 0 bridgehead atoms. The Hall–Kier alpha value is -0.370. The van der Waals surface area contributed by atoms with Crippen molar-refractivity contribution in [3.05, 3.63) is 0 Å². The van der Waals surface area contributed by atoms with Crippen molar-refractivity contribution in [2.75, 3.05) is 0 Å². The molecule has 1 N–H and O–H groups in total. The Morgan fingerprint density at radius 3 is 2.62 bits per heavy atom. The zero-order valence-electron chi connectivity index (χ0n) is 10.7. The number of aliphatic hydroxyl groups is 1. The van der Waals surface area contributed by atoms with Gasteiger partial charge in [-0.1, -0.05) is 13.3 Å². The summed E-state index contributed by atoms with van der Waals surface area (Å²) in [6.07, 6.45) is 5.05. The molecule has 0 amide bonds. The summed E-state index contributed by atoms with van der Waals surface area (Å²) >= 11 is 0. The molecule has 2 rings (SSSR count). The predicted molar refractivity (Wildman–Crippen MR) is 64.0 cm³/mol. The van der Waals surface area contributed by atoms with Gasteiger partial charge in [-0.2, -0.15) is 0 Å². The van der Waals surface area contributed by atoms with Gasteiger partial charge in [0.05, 0.1) is 5.60 Å². The molecular weight excluding hydrogens is 200 g/mol. The third-order valence-electron chi connectivity index (χ3n) is 5.11. The quantitative estimate of drug-likeness (QED) is 0.743. The van der Waals surface area contributed by atoms with Crippen LogP contribution in [-0.2, 0) is 4.79 Å². The molecule has 2 nitrogen and oxygen atoms in total. The largest absolute Gasteiger partial charge is 0.390 e. The molecule has 2 aliphatic rings. The lowest BCUT2D eigenvalue weighted by atomic mass is 9.78. The van der Waals surface area contributed by atoms with Crippen LogP contribution >= 0.6 is 0 Å². The average molecular weight is 224 g/mol. The minimum Gasteiger partial charge on any atom is -0.390 e. The summed E-state index contributed by atoms with van der Waals surface area (Å²) in [4.78, 5) is 11.6. The van der Waals surface area contributed by atoms with E-state index < -0.39 is 5.60 Å². The van der Waals surface area contributed by atoms with E-state index in [1.807, 2.05) is 6.92 Å². The number of rotatable bonds is 1. The van der Waals surface area contributed by atoms with Gasteiger partial charge >= 0.3 is 0 Å². The molecule has 16 heavy (non-hydrogen) atoms. The number of carbonyl (C=O) groups is 1. The van der Waals surface area contributed by atoms with Crippen LogP contribution in [0.15, 0.2) is 0 Å². The van der Waals surface area contributed by atoms with Gasteiger partial charge in [-0.25, -0.2) is 0 Å².